The van der Waals surface area contributed by atoms with Crippen LogP contribution in [0.15, 0.2) is 53.4 Å². The van der Waals surface area contributed by atoms with E-state index in [0.29, 0.717) is 37.1 Å². The van der Waals surface area contributed by atoms with E-state index >= 15 is 0 Å². The predicted molar refractivity (Wildman–Crippen MR) is 121 cm³/mol. The molecule has 0 radical (unpaired) electrons. The van der Waals surface area contributed by atoms with Gasteiger partial charge in [-0.15, -0.1) is 0 Å². The van der Waals surface area contributed by atoms with E-state index < -0.39 is 10.0 Å². The van der Waals surface area contributed by atoms with E-state index in [-0.39, 0.29) is 4.90 Å². The summed E-state index contributed by atoms with van der Waals surface area (Å²) in [7, 11) is -3.54. The molecule has 2 aromatic carbocycles. The van der Waals surface area contributed by atoms with Gasteiger partial charge in [0.25, 0.3) is 0 Å². The lowest BCUT2D eigenvalue weighted by atomic mass is 10.1. The Bertz CT molecular complexity index is 924. The summed E-state index contributed by atoms with van der Waals surface area (Å²) in [6.07, 6.45) is 3.43. The number of morpholine rings is 1. The van der Waals surface area contributed by atoms with Crippen LogP contribution in [0.5, 0.6) is 0 Å². The number of hydrogen-bond acceptors (Lipinski definition) is 4. The second kappa shape index (κ2) is 10.2. The lowest BCUT2D eigenvalue weighted by Gasteiger charge is -2.26. The number of nitrogens with one attached hydrogen (secondary N) is 2. The fourth-order valence-corrected chi connectivity index (χ4v) is 4.79. The van der Waals surface area contributed by atoms with Crippen LogP contribution in [0.3, 0.4) is 0 Å². The molecule has 2 aromatic rings. The summed E-state index contributed by atoms with van der Waals surface area (Å²) >= 11 is 5.38. The van der Waals surface area contributed by atoms with Crippen LogP contribution in [0.4, 0.5) is 11.4 Å². The Balaban J connectivity index is 1.63. The Kier molecular flexibility index (Phi) is 7.60. The van der Waals surface area contributed by atoms with Crippen molar-refractivity contribution in [1.29, 1.82) is 0 Å². The molecule has 0 aromatic heterocycles. The molecule has 1 fully saturated rings. The van der Waals surface area contributed by atoms with Crippen LogP contribution < -0.4 is 10.6 Å². The number of aryl methyl sites for hydroxylation is 1. The predicted octanol–water partition coefficient (Wildman–Crippen LogP) is 3.86. The third-order valence-corrected chi connectivity index (χ3v) is 6.83. The first-order valence-electron chi connectivity index (χ1n) is 9.84. The summed E-state index contributed by atoms with van der Waals surface area (Å²) in [6, 6.07) is 14.9. The first-order valence-corrected chi connectivity index (χ1v) is 11.7. The fraction of sp³-hybridized carbons (Fsp3) is 0.381. The molecule has 3 rings (SSSR count). The zero-order valence-electron chi connectivity index (χ0n) is 16.6. The van der Waals surface area contributed by atoms with Crippen molar-refractivity contribution >= 4 is 38.7 Å². The number of benzene rings is 2. The number of anilines is 2. The topological polar surface area (TPSA) is 70.7 Å². The molecule has 1 saturated heterocycles. The number of hydrogen-bond donors (Lipinski definition) is 2. The first kappa shape index (κ1) is 21.7. The van der Waals surface area contributed by atoms with E-state index in [1.165, 1.54) is 22.7 Å². The highest BCUT2D eigenvalue weighted by Gasteiger charge is 2.26. The summed E-state index contributed by atoms with van der Waals surface area (Å²) in [5.41, 5.74) is 2.81. The Hall–Kier alpha value is -2.00. The van der Waals surface area contributed by atoms with E-state index in [2.05, 4.69) is 29.7 Å². The molecule has 0 bridgehead atoms. The number of ether oxygens (including phenoxy) is 1. The molecule has 8 heteroatoms. The van der Waals surface area contributed by atoms with Gasteiger partial charge >= 0.3 is 0 Å². The minimum Gasteiger partial charge on any atom is -0.379 e. The third kappa shape index (κ3) is 5.99. The molecular weight excluding hydrogens is 406 g/mol. The molecule has 29 heavy (non-hydrogen) atoms. The van der Waals surface area contributed by atoms with Gasteiger partial charge in [-0.05, 0) is 61.0 Å². The maximum Gasteiger partial charge on any atom is 0.243 e. The van der Waals surface area contributed by atoms with Crippen molar-refractivity contribution in [3.8, 4) is 0 Å². The van der Waals surface area contributed by atoms with Gasteiger partial charge in [0.15, 0.2) is 5.11 Å². The van der Waals surface area contributed by atoms with Gasteiger partial charge in [-0.3, -0.25) is 0 Å². The summed E-state index contributed by atoms with van der Waals surface area (Å²) in [5.74, 6) is 0. The number of thiocarbonyl (C=S) groups is 1. The highest BCUT2D eigenvalue weighted by molar-refractivity contribution is 7.89. The monoisotopic (exact) mass is 433 g/mol. The van der Waals surface area contributed by atoms with Crippen molar-refractivity contribution in [2.45, 2.75) is 31.1 Å². The van der Waals surface area contributed by atoms with Crippen molar-refractivity contribution in [3.63, 3.8) is 0 Å². The molecule has 0 saturated carbocycles. The summed E-state index contributed by atoms with van der Waals surface area (Å²) < 4.78 is 32.3. The molecule has 1 aliphatic rings. The standard InChI is InChI=1S/C21H27N3O3S2/c1-2-3-5-17-8-10-18(11-9-17)22-21(28)23-19-6-4-7-20(16-19)29(25,26)24-12-14-27-15-13-24/h4,6-11,16H,2-3,5,12-15H2,1H3,(H2,22,23,28). The minimum atomic E-state index is -3.54. The number of unbranched alkanes of at least 4 members (excludes halogenated alkanes) is 1. The molecule has 0 aliphatic carbocycles. The molecule has 1 heterocycles. The van der Waals surface area contributed by atoms with Crippen LogP contribution in [0.1, 0.15) is 25.3 Å². The third-order valence-electron chi connectivity index (χ3n) is 4.73. The van der Waals surface area contributed by atoms with Crippen molar-refractivity contribution in [3.05, 3.63) is 54.1 Å². The maximum atomic E-state index is 12.8. The van der Waals surface area contributed by atoms with Crippen LogP contribution in [0.2, 0.25) is 0 Å². The van der Waals surface area contributed by atoms with Crippen LogP contribution in [-0.4, -0.2) is 44.1 Å². The van der Waals surface area contributed by atoms with Crippen LogP contribution >= 0.6 is 12.2 Å². The second-order valence-corrected chi connectivity index (χ2v) is 9.27. The molecule has 6 nitrogen and oxygen atoms in total. The Morgan fingerprint density at radius 3 is 2.45 bits per heavy atom. The van der Waals surface area contributed by atoms with Gasteiger partial charge < -0.3 is 15.4 Å². The largest absolute Gasteiger partial charge is 0.379 e. The van der Waals surface area contributed by atoms with Gasteiger partial charge in [0.1, 0.15) is 0 Å². The van der Waals surface area contributed by atoms with Gasteiger partial charge in [-0.25, -0.2) is 8.42 Å². The zero-order valence-corrected chi connectivity index (χ0v) is 18.2. The molecule has 0 unspecified atom stereocenters. The Morgan fingerprint density at radius 2 is 1.76 bits per heavy atom. The second-order valence-electron chi connectivity index (χ2n) is 6.92. The zero-order chi connectivity index (χ0) is 20.7. The summed E-state index contributed by atoms with van der Waals surface area (Å²) in [5, 5.41) is 6.62. The molecule has 1 aliphatic heterocycles. The highest BCUT2D eigenvalue weighted by Crippen LogP contribution is 2.21. The molecule has 0 amide bonds. The quantitative estimate of drug-likeness (QED) is 0.646. The molecular formula is C21H27N3O3S2. The average Bonchev–Trinajstić information content (AvgIpc) is 2.74. The maximum absolute atomic E-state index is 12.8. The molecule has 0 atom stereocenters. The van der Waals surface area contributed by atoms with E-state index in [9.17, 15) is 8.42 Å². The van der Waals surface area contributed by atoms with Gasteiger partial charge in [0, 0.05) is 24.5 Å². The summed E-state index contributed by atoms with van der Waals surface area (Å²) in [4.78, 5) is 0.243. The lowest BCUT2D eigenvalue weighted by molar-refractivity contribution is 0.0730. The van der Waals surface area contributed by atoms with Crippen molar-refractivity contribution in [1.82, 2.24) is 4.31 Å². The van der Waals surface area contributed by atoms with Gasteiger partial charge in [-0.1, -0.05) is 31.5 Å². The average molecular weight is 434 g/mol. The fourth-order valence-electron chi connectivity index (χ4n) is 3.10. The van der Waals surface area contributed by atoms with Crippen molar-refractivity contribution < 1.29 is 13.2 Å². The van der Waals surface area contributed by atoms with Crippen LogP contribution in [-0.2, 0) is 21.2 Å². The molecule has 0 spiro atoms. The van der Waals surface area contributed by atoms with Crippen molar-refractivity contribution in [2.75, 3.05) is 36.9 Å². The number of rotatable bonds is 7. The first-order chi connectivity index (χ1) is 14.0. The molecule has 2 N–H and O–H groups in total. The molecule has 156 valence electrons. The van der Waals surface area contributed by atoms with Gasteiger partial charge in [0.2, 0.25) is 10.0 Å². The smallest absolute Gasteiger partial charge is 0.243 e. The van der Waals surface area contributed by atoms with E-state index in [1.54, 1.807) is 24.3 Å². The van der Waals surface area contributed by atoms with Gasteiger partial charge in [-0.2, -0.15) is 4.31 Å². The van der Waals surface area contributed by atoms with Crippen LogP contribution in [0, 0.1) is 0 Å². The van der Waals surface area contributed by atoms with Crippen molar-refractivity contribution in [2.24, 2.45) is 0 Å². The summed E-state index contributed by atoms with van der Waals surface area (Å²) in [6.45, 7) is 3.76. The van der Waals surface area contributed by atoms with Crippen LogP contribution in [0.25, 0.3) is 0 Å². The van der Waals surface area contributed by atoms with E-state index in [4.69, 9.17) is 17.0 Å². The normalized spacial score (nSPS) is 15.1. The SMILES string of the molecule is CCCCc1ccc(NC(=S)Nc2cccc(S(=O)(=O)N3CCOCC3)c2)cc1. The van der Waals surface area contributed by atoms with Gasteiger partial charge in [0.05, 0.1) is 18.1 Å². The number of nitrogens with zero attached hydrogens (tertiary/aromatic N) is 1. The Labute approximate surface area is 178 Å². The minimum absolute atomic E-state index is 0.243. The lowest BCUT2D eigenvalue weighted by Crippen LogP contribution is -2.40. The van der Waals surface area contributed by atoms with E-state index in [0.717, 1.165) is 12.1 Å². The Morgan fingerprint density at radius 1 is 1.07 bits per heavy atom. The highest BCUT2D eigenvalue weighted by atomic mass is 32.2. The number of sulfonamides is 1. The van der Waals surface area contributed by atoms with E-state index in [1.807, 2.05) is 12.1 Å².